The Morgan fingerprint density at radius 3 is 3.00 bits per heavy atom. The lowest BCUT2D eigenvalue weighted by Crippen LogP contribution is -2.20. The summed E-state index contributed by atoms with van der Waals surface area (Å²) < 4.78 is 5.28. The van der Waals surface area contributed by atoms with Crippen molar-refractivity contribution in [3.63, 3.8) is 0 Å². The molecule has 5 nitrogen and oxygen atoms in total. The van der Waals surface area contributed by atoms with E-state index >= 15 is 0 Å². The van der Waals surface area contributed by atoms with Gasteiger partial charge in [0.05, 0.1) is 19.0 Å². The van der Waals surface area contributed by atoms with Gasteiger partial charge in [-0.05, 0) is 18.2 Å². The third-order valence-corrected chi connectivity index (χ3v) is 2.34. The van der Waals surface area contributed by atoms with Crippen molar-refractivity contribution < 1.29 is 4.42 Å². The van der Waals surface area contributed by atoms with Crippen molar-refractivity contribution in [3.05, 3.63) is 42.0 Å². The fourth-order valence-electron chi connectivity index (χ4n) is 1.54. The molecule has 0 aromatic carbocycles. The Morgan fingerprint density at radius 2 is 2.31 bits per heavy atom. The first-order valence-corrected chi connectivity index (χ1v) is 5.05. The summed E-state index contributed by atoms with van der Waals surface area (Å²) in [5, 5.41) is 7.95. The molecular formula is C11H14N4O. The molecule has 0 fully saturated rings. The Kier molecular flexibility index (Phi) is 3.16. The highest BCUT2D eigenvalue weighted by molar-refractivity contribution is 5.44. The van der Waals surface area contributed by atoms with Gasteiger partial charge >= 0.3 is 0 Å². The molecule has 0 saturated carbocycles. The maximum absolute atomic E-state index is 5.64. The molecule has 0 spiro atoms. The Morgan fingerprint density at radius 1 is 1.44 bits per heavy atom. The largest absolute Gasteiger partial charge is 0.467 e. The normalized spacial score (nSPS) is 10.4. The standard InChI is InChI=1S/C11H14N4O/c1-15(8-10-3-2-6-16-10)11-9(7-12)4-5-13-14-11/h2-6H,7-8,12H2,1H3. The maximum atomic E-state index is 5.64. The smallest absolute Gasteiger partial charge is 0.155 e. The Labute approximate surface area is 93.9 Å². The molecule has 0 aliphatic carbocycles. The average molecular weight is 218 g/mol. The minimum absolute atomic E-state index is 0.452. The second kappa shape index (κ2) is 4.76. The van der Waals surface area contributed by atoms with Crippen LogP contribution in [0.5, 0.6) is 0 Å². The minimum atomic E-state index is 0.452. The van der Waals surface area contributed by atoms with Gasteiger partial charge in [0.15, 0.2) is 5.82 Å². The van der Waals surface area contributed by atoms with Gasteiger partial charge in [0.25, 0.3) is 0 Å². The number of rotatable bonds is 4. The Bertz CT molecular complexity index is 441. The first-order valence-electron chi connectivity index (χ1n) is 5.05. The predicted octanol–water partition coefficient (Wildman–Crippen LogP) is 1.16. The van der Waals surface area contributed by atoms with Gasteiger partial charge in [-0.15, -0.1) is 5.10 Å². The molecule has 2 aromatic heterocycles. The Hall–Kier alpha value is -1.88. The van der Waals surface area contributed by atoms with E-state index in [2.05, 4.69) is 10.2 Å². The van der Waals surface area contributed by atoms with E-state index in [1.807, 2.05) is 30.1 Å². The van der Waals surface area contributed by atoms with Crippen LogP contribution in [0.25, 0.3) is 0 Å². The summed E-state index contributed by atoms with van der Waals surface area (Å²) in [6.45, 7) is 1.10. The van der Waals surface area contributed by atoms with Crippen LogP contribution >= 0.6 is 0 Å². The summed E-state index contributed by atoms with van der Waals surface area (Å²) >= 11 is 0. The van der Waals surface area contributed by atoms with Crippen molar-refractivity contribution in [1.29, 1.82) is 0 Å². The van der Waals surface area contributed by atoms with Crippen LogP contribution in [0.1, 0.15) is 11.3 Å². The highest BCUT2D eigenvalue weighted by Crippen LogP contribution is 2.16. The van der Waals surface area contributed by atoms with Crippen molar-refractivity contribution in [2.24, 2.45) is 5.73 Å². The van der Waals surface area contributed by atoms with E-state index in [4.69, 9.17) is 10.2 Å². The van der Waals surface area contributed by atoms with Crippen LogP contribution in [0.2, 0.25) is 0 Å². The van der Waals surface area contributed by atoms with Crippen LogP contribution in [-0.2, 0) is 13.1 Å². The molecule has 16 heavy (non-hydrogen) atoms. The van der Waals surface area contributed by atoms with E-state index in [0.717, 1.165) is 17.1 Å². The van der Waals surface area contributed by atoms with Crippen LogP contribution in [-0.4, -0.2) is 17.2 Å². The quantitative estimate of drug-likeness (QED) is 0.834. The molecule has 0 amide bonds. The number of furan rings is 1. The zero-order chi connectivity index (χ0) is 11.4. The molecule has 0 atom stereocenters. The number of anilines is 1. The molecule has 0 radical (unpaired) electrons. The van der Waals surface area contributed by atoms with Gasteiger partial charge in [-0.3, -0.25) is 0 Å². The second-order valence-corrected chi connectivity index (χ2v) is 3.52. The van der Waals surface area contributed by atoms with Gasteiger partial charge in [-0.25, -0.2) is 0 Å². The van der Waals surface area contributed by atoms with Gasteiger partial charge in [0, 0.05) is 19.2 Å². The van der Waals surface area contributed by atoms with E-state index in [-0.39, 0.29) is 0 Å². The monoisotopic (exact) mass is 218 g/mol. The maximum Gasteiger partial charge on any atom is 0.155 e. The first-order chi connectivity index (χ1) is 7.81. The zero-order valence-electron chi connectivity index (χ0n) is 9.13. The number of nitrogens with two attached hydrogens (primary N) is 1. The molecule has 2 rings (SSSR count). The number of aromatic nitrogens is 2. The van der Waals surface area contributed by atoms with Gasteiger partial charge < -0.3 is 15.1 Å². The van der Waals surface area contributed by atoms with Crippen molar-refractivity contribution in [3.8, 4) is 0 Å². The Balaban J connectivity index is 2.17. The third-order valence-electron chi connectivity index (χ3n) is 2.34. The minimum Gasteiger partial charge on any atom is -0.467 e. The van der Waals surface area contributed by atoms with Crippen LogP contribution in [0.15, 0.2) is 35.1 Å². The molecule has 84 valence electrons. The fraction of sp³-hybridized carbons (Fsp3) is 0.273. The lowest BCUT2D eigenvalue weighted by Gasteiger charge is -2.18. The van der Waals surface area contributed by atoms with E-state index in [1.165, 1.54) is 0 Å². The van der Waals surface area contributed by atoms with E-state index in [0.29, 0.717) is 13.1 Å². The van der Waals surface area contributed by atoms with Crippen LogP contribution in [0.3, 0.4) is 0 Å². The van der Waals surface area contributed by atoms with Crippen LogP contribution < -0.4 is 10.6 Å². The average Bonchev–Trinajstić information content (AvgIpc) is 2.81. The van der Waals surface area contributed by atoms with E-state index in [1.54, 1.807) is 12.5 Å². The van der Waals surface area contributed by atoms with Crippen molar-refractivity contribution in [2.45, 2.75) is 13.1 Å². The molecular weight excluding hydrogens is 204 g/mol. The summed E-state index contributed by atoms with van der Waals surface area (Å²) in [4.78, 5) is 1.97. The number of hydrogen-bond donors (Lipinski definition) is 1. The van der Waals surface area contributed by atoms with Crippen molar-refractivity contribution in [2.75, 3.05) is 11.9 Å². The lowest BCUT2D eigenvalue weighted by molar-refractivity contribution is 0.506. The molecule has 0 bridgehead atoms. The van der Waals surface area contributed by atoms with Gasteiger partial charge in [0.2, 0.25) is 0 Å². The van der Waals surface area contributed by atoms with E-state index < -0.39 is 0 Å². The van der Waals surface area contributed by atoms with Gasteiger partial charge in [-0.2, -0.15) is 5.10 Å². The second-order valence-electron chi connectivity index (χ2n) is 3.52. The van der Waals surface area contributed by atoms with Crippen LogP contribution in [0.4, 0.5) is 5.82 Å². The summed E-state index contributed by atoms with van der Waals surface area (Å²) in [6.07, 6.45) is 3.30. The van der Waals surface area contributed by atoms with Crippen LogP contribution in [0, 0.1) is 0 Å². The molecule has 2 N–H and O–H groups in total. The fourth-order valence-corrected chi connectivity index (χ4v) is 1.54. The molecule has 2 aromatic rings. The highest BCUT2D eigenvalue weighted by Gasteiger charge is 2.09. The first kappa shape index (κ1) is 10.6. The van der Waals surface area contributed by atoms with E-state index in [9.17, 15) is 0 Å². The van der Waals surface area contributed by atoms with Crippen molar-refractivity contribution in [1.82, 2.24) is 10.2 Å². The van der Waals surface area contributed by atoms with Gasteiger partial charge in [-0.1, -0.05) is 0 Å². The highest BCUT2D eigenvalue weighted by atomic mass is 16.3. The molecule has 0 aliphatic rings. The number of hydrogen-bond acceptors (Lipinski definition) is 5. The summed E-state index contributed by atoms with van der Waals surface area (Å²) in [6, 6.07) is 5.67. The SMILES string of the molecule is CN(Cc1ccco1)c1nnccc1CN. The molecule has 0 saturated heterocycles. The lowest BCUT2D eigenvalue weighted by atomic mass is 10.2. The predicted molar refractivity (Wildman–Crippen MR) is 60.7 cm³/mol. The summed E-state index contributed by atoms with van der Waals surface area (Å²) in [5.74, 6) is 1.68. The summed E-state index contributed by atoms with van der Waals surface area (Å²) in [5.41, 5.74) is 6.62. The molecule has 5 heteroatoms. The topological polar surface area (TPSA) is 68.2 Å². The van der Waals surface area contributed by atoms with Gasteiger partial charge in [0.1, 0.15) is 5.76 Å². The van der Waals surface area contributed by atoms with Crippen molar-refractivity contribution >= 4 is 5.82 Å². The molecule has 0 unspecified atom stereocenters. The summed E-state index contributed by atoms with van der Waals surface area (Å²) in [7, 11) is 1.94. The molecule has 0 aliphatic heterocycles. The number of nitrogens with zero attached hydrogens (tertiary/aromatic N) is 3. The zero-order valence-corrected chi connectivity index (χ0v) is 9.13. The third kappa shape index (κ3) is 2.20. The molecule has 2 heterocycles.